The number of hydrogen-bond donors (Lipinski definition) is 1. The molecule has 2 aliphatic heterocycles. The van der Waals surface area contributed by atoms with E-state index in [4.69, 9.17) is 9.47 Å². The summed E-state index contributed by atoms with van der Waals surface area (Å²) in [7, 11) is 0. The lowest BCUT2D eigenvalue weighted by Gasteiger charge is -2.33. The first-order valence-corrected chi connectivity index (χ1v) is 6.88. The molecule has 1 aromatic carbocycles. The van der Waals surface area contributed by atoms with Crippen LogP contribution in [0.1, 0.15) is 36.5 Å². The highest BCUT2D eigenvalue weighted by Crippen LogP contribution is 2.32. The molecule has 2 aliphatic rings. The zero-order valence-electron chi connectivity index (χ0n) is 11.2. The molecule has 3 rings (SSSR count). The monoisotopic (exact) mass is 261 g/mol. The van der Waals surface area contributed by atoms with Gasteiger partial charge >= 0.3 is 0 Å². The first kappa shape index (κ1) is 12.5. The molecule has 4 heteroatoms. The van der Waals surface area contributed by atoms with Crippen molar-refractivity contribution < 1.29 is 14.3 Å². The molecule has 19 heavy (non-hydrogen) atoms. The Balaban J connectivity index is 1.87. The van der Waals surface area contributed by atoms with Gasteiger partial charge in [-0.3, -0.25) is 4.79 Å². The van der Waals surface area contributed by atoms with Gasteiger partial charge in [0.05, 0.1) is 5.54 Å². The fraction of sp³-hybridized carbons (Fsp3) is 0.533. The molecule has 0 aromatic heterocycles. The molecule has 1 unspecified atom stereocenters. The van der Waals surface area contributed by atoms with Crippen LogP contribution in [0.4, 0.5) is 0 Å². The number of nitrogens with one attached hydrogen (secondary N) is 1. The van der Waals surface area contributed by atoms with Crippen molar-refractivity contribution in [2.45, 2.75) is 31.7 Å². The molecule has 0 spiro atoms. The first-order valence-electron chi connectivity index (χ1n) is 6.88. The van der Waals surface area contributed by atoms with Gasteiger partial charge in [0.1, 0.15) is 13.2 Å². The van der Waals surface area contributed by atoms with Gasteiger partial charge in [0.15, 0.2) is 17.3 Å². The van der Waals surface area contributed by atoms with Crippen LogP contribution in [0.3, 0.4) is 0 Å². The molecule has 1 aromatic rings. The lowest BCUT2D eigenvalue weighted by Crippen LogP contribution is -2.52. The summed E-state index contributed by atoms with van der Waals surface area (Å²) in [5, 5.41) is 3.35. The average molecular weight is 261 g/mol. The minimum Gasteiger partial charge on any atom is -0.486 e. The molecular weight excluding hydrogens is 242 g/mol. The van der Waals surface area contributed by atoms with Crippen LogP contribution < -0.4 is 14.8 Å². The summed E-state index contributed by atoms with van der Waals surface area (Å²) in [6, 6.07) is 5.46. The van der Waals surface area contributed by atoms with Gasteiger partial charge in [-0.2, -0.15) is 0 Å². The van der Waals surface area contributed by atoms with Gasteiger partial charge in [0.25, 0.3) is 0 Å². The number of carbonyl (C=O) groups excluding carboxylic acids is 1. The van der Waals surface area contributed by atoms with E-state index in [9.17, 15) is 4.79 Å². The molecule has 0 saturated carbocycles. The maximum Gasteiger partial charge on any atom is 0.182 e. The van der Waals surface area contributed by atoms with Crippen LogP contribution in [-0.2, 0) is 0 Å². The number of rotatable bonds is 2. The van der Waals surface area contributed by atoms with Gasteiger partial charge in [0, 0.05) is 5.56 Å². The van der Waals surface area contributed by atoms with E-state index in [-0.39, 0.29) is 5.78 Å². The number of ketones is 1. The Bertz CT molecular complexity index is 492. The third-order valence-corrected chi connectivity index (χ3v) is 3.92. The molecular formula is C15H19NO3. The van der Waals surface area contributed by atoms with Crippen LogP contribution >= 0.6 is 0 Å². The Labute approximate surface area is 113 Å². The Kier molecular flexibility index (Phi) is 3.19. The second kappa shape index (κ2) is 4.85. The summed E-state index contributed by atoms with van der Waals surface area (Å²) >= 11 is 0. The fourth-order valence-corrected chi connectivity index (χ4v) is 2.75. The highest BCUT2D eigenvalue weighted by atomic mass is 16.6. The maximum absolute atomic E-state index is 12.6. The van der Waals surface area contributed by atoms with Gasteiger partial charge in [-0.05, 0) is 50.9 Å². The van der Waals surface area contributed by atoms with Crippen molar-refractivity contribution in [2.24, 2.45) is 0 Å². The van der Waals surface area contributed by atoms with E-state index in [2.05, 4.69) is 5.32 Å². The Morgan fingerprint density at radius 3 is 2.74 bits per heavy atom. The second-order valence-electron chi connectivity index (χ2n) is 5.40. The molecule has 0 bridgehead atoms. The van der Waals surface area contributed by atoms with E-state index in [1.165, 1.54) is 0 Å². The predicted octanol–water partition coefficient (Wildman–Crippen LogP) is 2.17. The topological polar surface area (TPSA) is 47.6 Å². The number of benzene rings is 1. The molecule has 1 atom stereocenters. The molecule has 4 nitrogen and oxygen atoms in total. The van der Waals surface area contributed by atoms with Gasteiger partial charge < -0.3 is 14.8 Å². The van der Waals surface area contributed by atoms with E-state index < -0.39 is 5.54 Å². The summed E-state index contributed by atoms with van der Waals surface area (Å²) in [5.74, 6) is 1.55. The number of ether oxygens (including phenoxy) is 2. The van der Waals surface area contributed by atoms with Crippen molar-refractivity contribution in [1.29, 1.82) is 0 Å². The minimum absolute atomic E-state index is 0.143. The highest BCUT2D eigenvalue weighted by molar-refractivity contribution is 6.03. The van der Waals surface area contributed by atoms with Crippen molar-refractivity contribution in [3.63, 3.8) is 0 Å². The second-order valence-corrected chi connectivity index (χ2v) is 5.40. The molecule has 1 fully saturated rings. The van der Waals surface area contributed by atoms with Crippen LogP contribution in [0.5, 0.6) is 11.5 Å². The third kappa shape index (κ3) is 2.32. The van der Waals surface area contributed by atoms with E-state index in [1.54, 1.807) is 6.07 Å². The zero-order chi connectivity index (χ0) is 13.3. The highest BCUT2D eigenvalue weighted by Gasteiger charge is 2.35. The van der Waals surface area contributed by atoms with Crippen LogP contribution in [0.15, 0.2) is 18.2 Å². The van der Waals surface area contributed by atoms with Gasteiger partial charge in [-0.25, -0.2) is 0 Å². The van der Waals surface area contributed by atoms with Crippen molar-refractivity contribution in [3.8, 4) is 11.5 Å². The van der Waals surface area contributed by atoms with Crippen LogP contribution in [0.25, 0.3) is 0 Å². The Hall–Kier alpha value is -1.55. The molecule has 0 radical (unpaired) electrons. The van der Waals surface area contributed by atoms with E-state index in [1.807, 2.05) is 19.1 Å². The number of fused-ring (bicyclic) bond motifs is 1. The number of carbonyl (C=O) groups is 1. The zero-order valence-corrected chi connectivity index (χ0v) is 11.2. The normalized spacial score (nSPS) is 25.9. The van der Waals surface area contributed by atoms with Crippen LogP contribution in [0, 0.1) is 0 Å². The Morgan fingerprint density at radius 2 is 2.00 bits per heavy atom. The summed E-state index contributed by atoms with van der Waals surface area (Å²) in [5.41, 5.74) is 0.253. The van der Waals surface area contributed by atoms with Gasteiger partial charge in [-0.1, -0.05) is 0 Å². The van der Waals surface area contributed by atoms with Crippen LogP contribution in [-0.4, -0.2) is 31.1 Å². The molecule has 102 valence electrons. The summed E-state index contributed by atoms with van der Waals surface area (Å²) in [6.45, 7) is 4.01. The van der Waals surface area contributed by atoms with Crippen molar-refractivity contribution in [2.75, 3.05) is 19.8 Å². The van der Waals surface area contributed by atoms with E-state index in [0.717, 1.165) is 31.6 Å². The minimum atomic E-state index is -0.442. The SMILES string of the molecule is CC1(C(=O)c2ccc3c(c2)OCCO3)CCCCN1. The molecule has 1 saturated heterocycles. The molecule has 1 N–H and O–H groups in total. The lowest BCUT2D eigenvalue weighted by atomic mass is 9.84. The molecule has 0 amide bonds. The Morgan fingerprint density at radius 1 is 1.21 bits per heavy atom. The molecule has 2 heterocycles. The van der Waals surface area contributed by atoms with Crippen molar-refractivity contribution >= 4 is 5.78 Å². The molecule has 0 aliphatic carbocycles. The third-order valence-electron chi connectivity index (χ3n) is 3.92. The van der Waals surface area contributed by atoms with Crippen molar-refractivity contribution in [3.05, 3.63) is 23.8 Å². The summed E-state index contributed by atoms with van der Waals surface area (Å²) in [6.07, 6.45) is 3.13. The number of piperidine rings is 1. The van der Waals surface area contributed by atoms with Crippen molar-refractivity contribution in [1.82, 2.24) is 5.32 Å². The first-order chi connectivity index (χ1) is 9.19. The fourth-order valence-electron chi connectivity index (χ4n) is 2.75. The smallest absolute Gasteiger partial charge is 0.182 e. The largest absolute Gasteiger partial charge is 0.486 e. The van der Waals surface area contributed by atoms with Gasteiger partial charge in [0.2, 0.25) is 0 Å². The number of Topliss-reactive ketones (excluding diaryl/α,β-unsaturated/α-hetero) is 1. The van der Waals surface area contributed by atoms with E-state index >= 15 is 0 Å². The van der Waals surface area contributed by atoms with Gasteiger partial charge in [-0.15, -0.1) is 0 Å². The summed E-state index contributed by atoms with van der Waals surface area (Å²) < 4.78 is 11.0. The average Bonchev–Trinajstić information content (AvgIpc) is 2.47. The quantitative estimate of drug-likeness (QED) is 0.829. The summed E-state index contributed by atoms with van der Waals surface area (Å²) in [4.78, 5) is 12.6. The standard InChI is InChI=1S/C15H19NO3/c1-15(6-2-3-7-16-15)14(17)11-4-5-12-13(10-11)19-9-8-18-12/h4-5,10,16H,2-3,6-9H2,1H3. The maximum atomic E-state index is 12.6. The number of hydrogen-bond acceptors (Lipinski definition) is 4. The lowest BCUT2D eigenvalue weighted by molar-refractivity contribution is 0.0833. The van der Waals surface area contributed by atoms with Crippen LogP contribution in [0.2, 0.25) is 0 Å². The predicted molar refractivity (Wildman–Crippen MR) is 72.0 cm³/mol. The van der Waals surface area contributed by atoms with E-state index in [0.29, 0.717) is 24.5 Å².